The van der Waals surface area contributed by atoms with Crippen molar-refractivity contribution in [3.63, 3.8) is 0 Å². The van der Waals surface area contributed by atoms with Gasteiger partial charge in [-0.2, -0.15) is 11.8 Å². The SMILES string of the molecule is COC(=O)c1sc(N2CCSC3CCCCC32)nc1Cl. The van der Waals surface area contributed by atoms with E-state index in [1.165, 1.54) is 44.1 Å². The topological polar surface area (TPSA) is 42.4 Å². The molecule has 2 aliphatic rings. The number of halogens is 1. The van der Waals surface area contributed by atoms with Crippen LogP contribution in [0.25, 0.3) is 0 Å². The Hall–Kier alpha value is -0.460. The summed E-state index contributed by atoms with van der Waals surface area (Å²) in [7, 11) is 1.37. The zero-order chi connectivity index (χ0) is 14.1. The first kappa shape index (κ1) is 14.5. The van der Waals surface area contributed by atoms with Crippen molar-refractivity contribution in [1.29, 1.82) is 0 Å². The van der Waals surface area contributed by atoms with Crippen LogP contribution in [0.2, 0.25) is 5.15 Å². The predicted molar refractivity (Wildman–Crippen MR) is 84.3 cm³/mol. The summed E-state index contributed by atoms with van der Waals surface area (Å²) in [5, 5.41) is 1.83. The maximum atomic E-state index is 11.7. The first-order valence-electron chi connectivity index (χ1n) is 6.83. The summed E-state index contributed by atoms with van der Waals surface area (Å²) in [5.74, 6) is 0.719. The Labute approximate surface area is 131 Å². The van der Waals surface area contributed by atoms with E-state index in [0.29, 0.717) is 16.2 Å². The van der Waals surface area contributed by atoms with Crippen LogP contribution in [-0.4, -0.2) is 41.7 Å². The van der Waals surface area contributed by atoms with E-state index in [1.54, 1.807) is 0 Å². The molecule has 1 aromatic rings. The lowest BCUT2D eigenvalue weighted by molar-refractivity contribution is 0.0606. The number of hydrogen-bond acceptors (Lipinski definition) is 6. The number of carbonyl (C=O) groups excluding carboxylic acids is 1. The van der Waals surface area contributed by atoms with Crippen LogP contribution in [0.4, 0.5) is 5.13 Å². The molecule has 110 valence electrons. The van der Waals surface area contributed by atoms with E-state index in [4.69, 9.17) is 16.3 Å². The highest BCUT2D eigenvalue weighted by atomic mass is 35.5. The quantitative estimate of drug-likeness (QED) is 0.776. The summed E-state index contributed by atoms with van der Waals surface area (Å²) in [6.45, 7) is 0.982. The number of methoxy groups -OCH3 is 1. The van der Waals surface area contributed by atoms with E-state index < -0.39 is 5.97 Å². The number of thiazole rings is 1. The van der Waals surface area contributed by atoms with Crippen molar-refractivity contribution in [1.82, 2.24) is 4.98 Å². The fourth-order valence-electron chi connectivity index (χ4n) is 2.97. The van der Waals surface area contributed by atoms with Crippen molar-refractivity contribution in [2.75, 3.05) is 24.3 Å². The molecule has 2 unspecified atom stereocenters. The highest BCUT2D eigenvalue weighted by Gasteiger charge is 2.35. The third-order valence-electron chi connectivity index (χ3n) is 3.92. The average Bonchev–Trinajstić information content (AvgIpc) is 2.87. The molecule has 0 spiro atoms. The van der Waals surface area contributed by atoms with Gasteiger partial charge in [0.15, 0.2) is 15.2 Å². The minimum atomic E-state index is -0.398. The average molecular weight is 333 g/mol. The largest absolute Gasteiger partial charge is 0.465 e. The summed E-state index contributed by atoms with van der Waals surface area (Å²) < 4.78 is 4.75. The molecular weight excluding hydrogens is 316 g/mol. The van der Waals surface area contributed by atoms with Crippen molar-refractivity contribution >= 4 is 45.8 Å². The Kier molecular flexibility index (Phi) is 4.43. The van der Waals surface area contributed by atoms with Gasteiger partial charge in [0.2, 0.25) is 0 Å². The zero-order valence-electron chi connectivity index (χ0n) is 11.3. The van der Waals surface area contributed by atoms with E-state index in [2.05, 4.69) is 21.6 Å². The normalized spacial score (nSPS) is 26.2. The number of thioether (sulfide) groups is 1. The van der Waals surface area contributed by atoms with Crippen molar-refractivity contribution < 1.29 is 9.53 Å². The van der Waals surface area contributed by atoms with Gasteiger partial charge >= 0.3 is 5.97 Å². The van der Waals surface area contributed by atoms with Gasteiger partial charge in [0, 0.05) is 23.6 Å². The molecule has 1 saturated carbocycles. The van der Waals surface area contributed by atoms with Gasteiger partial charge in [0.25, 0.3) is 0 Å². The molecule has 1 aromatic heterocycles. The maximum Gasteiger partial charge on any atom is 0.351 e. The minimum Gasteiger partial charge on any atom is -0.465 e. The van der Waals surface area contributed by atoms with Crippen LogP contribution < -0.4 is 4.90 Å². The number of nitrogens with zero attached hydrogens (tertiary/aromatic N) is 2. The predicted octanol–water partition coefficient (Wildman–Crippen LogP) is 3.45. The molecule has 0 aromatic carbocycles. The molecule has 7 heteroatoms. The van der Waals surface area contributed by atoms with Gasteiger partial charge in [0.05, 0.1) is 7.11 Å². The van der Waals surface area contributed by atoms with Crippen molar-refractivity contribution in [3.05, 3.63) is 10.0 Å². The van der Waals surface area contributed by atoms with Crippen LogP contribution in [0.15, 0.2) is 0 Å². The van der Waals surface area contributed by atoms with Gasteiger partial charge in [-0.25, -0.2) is 9.78 Å². The fourth-order valence-corrected chi connectivity index (χ4v) is 5.69. The number of aromatic nitrogens is 1. The highest BCUT2D eigenvalue weighted by molar-refractivity contribution is 8.00. The molecular formula is C13H17ClN2O2S2. The van der Waals surface area contributed by atoms with Crippen LogP contribution >= 0.6 is 34.7 Å². The molecule has 1 aliphatic heterocycles. The van der Waals surface area contributed by atoms with Crippen LogP contribution in [-0.2, 0) is 4.74 Å². The van der Waals surface area contributed by atoms with Crippen molar-refractivity contribution in [3.8, 4) is 0 Å². The fraction of sp³-hybridized carbons (Fsp3) is 0.692. The van der Waals surface area contributed by atoms with Crippen molar-refractivity contribution in [2.45, 2.75) is 37.0 Å². The Morgan fingerprint density at radius 3 is 3.05 bits per heavy atom. The molecule has 2 fully saturated rings. The number of hydrogen-bond donors (Lipinski definition) is 0. The first-order valence-corrected chi connectivity index (χ1v) is 9.08. The smallest absolute Gasteiger partial charge is 0.351 e. The second kappa shape index (κ2) is 6.12. The maximum absolute atomic E-state index is 11.7. The van der Waals surface area contributed by atoms with Gasteiger partial charge in [-0.3, -0.25) is 0 Å². The second-order valence-electron chi connectivity index (χ2n) is 5.06. The Balaban J connectivity index is 1.86. The molecule has 4 nitrogen and oxygen atoms in total. The molecule has 2 heterocycles. The van der Waals surface area contributed by atoms with Crippen LogP contribution in [0, 0.1) is 0 Å². The third-order valence-corrected chi connectivity index (χ3v) is 6.78. The number of carbonyl (C=O) groups is 1. The van der Waals surface area contributed by atoms with E-state index in [1.807, 2.05) is 0 Å². The summed E-state index contributed by atoms with van der Waals surface area (Å²) in [6, 6.07) is 0.537. The van der Waals surface area contributed by atoms with Crippen LogP contribution in [0.3, 0.4) is 0 Å². The Morgan fingerprint density at radius 2 is 2.25 bits per heavy atom. The molecule has 0 radical (unpaired) electrons. The highest BCUT2D eigenvalue weighted by Crippen LogP contribution is 2.40. The molecule has 0 bridgehead atoms. The standard InChI is InChI=1S/C13H17ClN2O2S2/c1-18-12(17)10-11(14)15-13(20-10)16-6-7-19-9-5-3-2-4-8(9)16/h8-9H,2-7H2,1H3. The van der Waals surface area contributed by atoms with Crippen LogP contribution in [0.5, 0.6) is 0 Å². The lowest BCUT2D eigenvalue weighted by Crippen LogP contribution is -2.49. The van der Waals surface area contributed by atoms with E-state index >= 15 is 0 Å². The number of anilines is 1. The number of ether oxygens (including phenoxy) is 1. The molecule has 2 atom stereocenters. The summed E-state index contributed by atoms with van der Waals surface area (Å²) >= 11 is 9.51. The lowest BCUT2D eigenvalue weighted by Gasteiger charge is -2.43. The number of fused-ring (bicyclic) bond motifs is 1. The molecule has 20 heavy (non-hydrogen) atoms. The summed E-state index contributed by atoms with van der Waals surface area (Å²) in [4.78, 5) is 18.8. The van der Waals surface area contributed by atoms with Gasteiger partial charge in [-0.15, -0.1) is 0 Å². The Morgan fingerprint density at radius 1 is 1.45 bits per heavy atom. The van der Waals surface area contributed by atoms with Crippen LogP contribution in [0.1, 0.15) is 35.4 Å². The summed E-state index contributed by atoms with van der Waals surface area (Å²) in [6.07, 6.45) is 5.10. The van der Waals surface area contributed by atoms with Crippen molar-refractivity contribution in [2.24, 2.45) is 0 Å². The summed E-state index contributed by atoms with van der Waals surface area (Å²) in [5.41, 5.74) is 0. The Bertz CT molecular complexity index is 507. The first-order chi connectivity index (χ1) is 9.70. The van der Waals surface area contributed by atoms with E-state index in [0.717, 1.165) is 17.4 Å². The molecule has 1 saturated heterocycles. The molecule has 1 aliphatic carbocycles. The monoisotopic (exact) mass is 332 g/mol. The molecule has 0 N–H and O–H groups in total. The third kappa shape index (κ3) is 2.65. The van der Waals surface area contributed by atoms with Gasteiger partial charge in [-0.05, 0) is 12.8 Å². The van der Waals surface area contributed by atoms with Gasteiger partial charge in [-0.1, -0.05) is 35.8 Å². The number of rotatable bonds is 2. The van der Waals surface area contributed by atoms with E-state index in [9.17, 15) is 4.79 Å². The minimum absolute atomic E-state index is 0.266. The lowest BCUT2D eigenvalue weighted by atomic mass is 9.93. The second-order valence-corrected chi connectivity index (χ2v) is 7.75. The molecule has 3 rings (SSSR count). The van der Waals surface area contributed by atoms with Gasteiger partial charge in [0.1, 0.15) is 0 Å². The van der Waals surface area contributed by atoms with Gasteiger partial charge < -0.3 is 9.64 Å². The van der Waals surface area contributed by atoms with E-state index in [-0.39, 0.29) is 5.15 Å². The zero-order valence-corrected chi connectivity index (χ0v) is 13.7. The number of esters is 1. The molecule has 0 amide bonds.